The van der Waals surface area contributed by atoms with Crippen LogP contribution in [0, 0.1) is 6.92 Å². The van der Waals surface area contributed by atoms with Gasteiger partial charge in [-0.2, -0.15) is 0 Å². The molecule has 0 aliphatic carbocycles. The van der Waals surface area contributed by atoms with Crippen LogP contribution in [-0.2, 0) is 0 Å². The van der Waals surface area contributed by atoms with Gasteiger partial charge in [0.25, 0.3) is 0 Å². The summed E-state index contributed by atoms with van der Waals surface area (Å²) in [5.41, 5.74) is 2.24. The third-order valence-electron chi connectivity index (χ3n) is 2.51. The van der Waals surface area contributed by atoms with Crippen molar-refractivity contribution < 1.29 is 15.3 Å². The van der Waals surface area contributed by atoms with E-state index in [0.29, 0.717) is 11.1 Å². The number of hydrogen-bond donors (Lipinski definition) is 3. The van der Waals surface area contributed by atoms with Gasteiger partial charge >= 0.3 is 0 Å². The molecule has 0 fully saturated rings. The van der Waals surface area contributed by atoms with Crippen LogP contribution < -0.4 is 0 Å². The first-order valence-electron chi connectivity index (χ1n) is 4.90. The van der Waals surface area contributed by atoms with Crippen molar-refractivity contribution in [2.75, 3.05) is 0 Å². The molecule has 0 bridgehead atoms. The highest BCUT2D eigenvalue weighted by Crippen LogP contribution is 2.36. The van der Waals surface area contributed by atoms with Gasteiger partial charge in [-0.3, -0.25) is 0 Å². The summed E-state index contributed by atoms with van der Waals surface area (Å²) >= 11 is 0. The molecule has 82 valence electrons. The first-order chi connectivity index (χ1) is 7.59. The van der Waals surface area contributed by atoms with E-state index in [1.54, 1.807) is 18.2 Å². The fourth-order valence-corrected chi connectivity index (χ4v) is 1.71. The van der Waals surface area contributed by atoms with E-state index in [2.05, 4.69) is 0 Å². The van der Waals surface area contributed by atoms with Crippen LogP contribution in [0.2, 0.25) is 0 Å². The van der Waals surface area contributed by atoms with Gasteiger partial charge in [0.05, 0.1) is 0 Å². The molecule has 0 aromatic heterocycles. The number of hydrogen-bond acceptors (Lipinski definition) is 3. The minimum Gasteiger partial charge on any atom is -0.507 e. The minimum atomic E-state index is -0.194. The van der Waals surface area contributed by atoms with E-state index in [1.165, 1.54) is 12.1 Å². The Bertz CT molecular complexity index is 512. The highest BCUT2D eigenvalue weighted by Gasteiger charge is 2.09. The lowest BCUT2D eigenvalue weighted by molar-refractivity contribution is 0.404. The van der Waals surface area contributed by atoms with Gasteiger partial charge in [0.2, 0.25) is 0 Å². The number of benzene rings is 2. The van der Waals surface area contributed by atoms with Crippen LogP contribution >= 0.6 is 0 Å². The first-order valence-corrected chi connectivity index (χ1v) is 4.90. The van der Waals surface area contributed by atoms with Crippen molar-refractivity contribution in [2.24, 2.45) is 0 Å². The van der Waals surface area contributed by atoms with E-state index in [1.807, 2.05) is 13.0 Å². The Labute approximate surface area is 93.2 Å². The molecule has 0 amide bonds. The quantitative estimate of drug-likeness (QED) is 0.642. The van der Waals surface area contributed by atoms with Crippen LogP contribution in [0.25, 0.3) is 11.1 Å². The number of aryl methyl sites for hydroxylation is 1. The summed E-state index contributed by atoms with van der Waals surface area (Å²) in [5, 5.41) is 28.4. The van der Waals surface area contributed by atoms with Crippen molar-refractivity contribution in [1.29, 1.82) is 0 Å². The van der Waals surface area contributed by atoms with Gasteiger partial charge in [0.1, 0.15) is 5.75 Å². The molecular weight excluding hydrogens is 204 g/mol. The molecule has 2 aromatic rings. The van der Waals surface area contributed by atoms with Crippen LogP contribution in [0.3, 0.4) is 0 Å². The van der Waals surface area contributed by atoms with Crippen molar-refractivity contribution in [3.63, 3.8) is 0 Å². The second kappa shape index (κ2) is 3.77. The molecule has 0 atom stereocenters. The molecule has 0 saturated carbocycles. The lowest BCUT2D eigenvalue weighted by Gasteiger charge is -2.09. The number of phenols is 3. The third kappa shape index (κ3) is 1.67. The molecule has 3 nitrogen and oxygen atoms in total. The standard InChI is InChI=1S/C13H12O3/c1-8-3-2-4-11(15)13(8)9-5-6-10(14)12(16)7-9/h2-7,14-16H,1H3. The van der Waals surface area contributed by atoms with Crippen LogP contribution in [0.1, 0.15) is 5.56 Å². The van der Waals surface area contributed by atoms with Crippen molar-refractivity contribution in [1.82, 2.24) is 0 Å². The Morgan fingerprint density at radius 1 is 0.812 bits per heavy atom. The second-order valence-electron chi connectivity index (χ2n) is 3.67. The zero-order chi connectivity index (χ0) is 11.7. The van der Waals surface area contributed by atoms with E-state index in [4.69, 9.17) is 0 Å². The highest BCUT2D eigenvalue weighted by atomic mass is 16.3. The normalized spacial score (nSPS) is 10.3. The Morgan fingerprint density at radius 3 is 2.19 bits per heavy atom. The summed E-state index contributed by atoms with van der Waals surface area (Å²) in [6.07, 6.45) is 0. The van der Waals surface area contributed by atoms with E-state index in [9.17, 15) is 15.3 Å². The van der Waals surface area contributed by atoms with Crippen LogP contribution in [0.4, 0.5) is 0 Å². The SMILES string of the molecule is Cc1cccc(O)c1-c1ccc(O)c(O)c1. The predicted molar refractivity (Wildman–Crippen MR) is 61.6 cm³/mol. The van der Waals surface area contributed by atoms with Gasteiger partial charge in [0.15, 0.2) is 11.5 Å². The van der Waals surface area contributed by atoms with Crippen molar-refractivity contribution in [3.05, 3.63) is 42.0 Å². The van der Waals surface area contributed by atoms with E-state index >= 15 is 0 Å². The monoisotopic (exact) mass is 216 g/mol. The van der Waals surface area contributed by atoms with Gasteiger partial charge in [-0.1, -0.05) is 18.2 Å². The zero-order valence-electron chi connectivity index (χ0n) is 8.81. The number of rotatable bonds is 1. The Kier molecular flexibility index (Phi) is 2.44. The Hall–Kier alpha value is -2.16. The van der Waals surface area contributed by atoms with Crippen LogP contribution in [0.15, 0.2) is 36.4 Å². The third-order valence-corrected chi connectivity index (χ3v) is 2.51. The molecule has 0 saturated heterocycles. The largest absolute Gasteiger partial charge is 0.507 e. The minimum absolute atomic E-state index is 0.157. The van der Waals surface area contributed by atoms with Gasteiger partial charge in [-0.05, 0) is 36.2 Å². The molecule has 0 aliphatic heterocycles. The maximum atomic E-state index is 9.76. The average molecular weight is 216 g/mol. The van der Waals surface area contributed by atoms with Gasteiger partial charge in [-0.25, -0.2) is 0 Å². The molecule has 2 rings (SSSR count). The van der Waals surface area contributed by atoms with Crippen LogP contribution in [-0.4, -0.2) is 15.3 Å². The summed E-state index contributed by atoms with van der Waals surface area (Å²) in [4.78, 5) is 0. The van der Waals surface area contributed by atoms with E-state index in [0.717, 1.165) is 5.56 Å². The topological polar surface area (TPSA) is 60.7 Å². The molecule has 0 heterocycles. The Morgan fingerprint density at radius 2 is 1.56 bits per heavy atom. The maximum Gasteiger partial charge on any atom is 0.158 e. The highest BCUT2D eigenvalue weighted by molar-refractivity contribution is 5.75. The fourth-order valence-electron chi connectivity index (χ4n) is 1.71. The summed E-state index contributed by atoms with van der Waals surface area (Å²) in [6.45, 7) is 1.87. The van der Waals surface area contributed by atoms with E-state index < -0.39 is 0 Å². The van der Waals surface area contributed by atoms with Crippen LogP contribution in [0.5, 0.6) is 17.2 Å². The van der Waals surface area contributed by atoms with Crippen molar-refractivity contribution in [3.8, 4) is 28.4 Å². The number of phenolic OH excluding ortho intramolecular Hbond substituents is 3. The molecule has 2 aromatic carbocycles. The molecule has 3 N–H and O–H groups in total. The maximum absolute atomic E-state index is 9.76. The lowest BCUT2D eigenvalue weighted by Crippen LogP contribution is -1.84. The molecule has 0 spiro atoms. The molecule has 16 heavy (non-hydrogen) atoms. The average Bonchev–Trinajstić information content (AvgIpc) is 2.23. The lowest BCUT2D eigenvalue weighted by atomic mass is 9.99. The number of aromatic hydroxyl groups is 3. The van der Waals surface area contributed by atoms with Gasteiger partial charge in [0, 0.05) is 5.56 Å². The summed E-state index contributed by atoms with van der Waals surface area (Å²) in [5.74, 6) is -0.206. The van der Waals surface area contributed by atoms with Crippen molar-refractivity contribution in [2.45, 2.75) is 6.92 Å². The summed E-state index contributed by atoms with van der Waals surface area (Å²) in [7, 11) is 0. The fraction of sp³-hybridized carbons (Fsp3) is 0.0769. The predicted octanol–water partition coefficient (Wildman–Crippen LogP) is 2.78. The molecule has 0 aliphatic rings. The van der Waals surface area contributed by atoms with E-state index in [-0.39, 0.29) is 17.2 Å². The van der Waals surface area contributed by atoms with Gasteiger partial charge < -0.3 is 15.3 Å². The molecule has 3 heteroatoms. The van der Waals surface area contributed by atoms with Crippen molar-refractivity contribution >= 4 is 0 Å². The first kappa shape index (κ1) is 10.4. The smallest absolute Gasteiger partial charge is 0.158 e. The zero-order valence-corrected chi connectivity index (χ0v) is 8.81. The van der Waals surface area contributed by atoms with Gasteiger partial charge in [-0.15, -0.1) is 0 Å². The molecule has 0 radical (unpaired) electrons. The molecule has 0 unspecified atom stereocenters. The molecular formula is C13H12O3. The Balaban J connectivity index is 2.63. The summed E-state index contributed by atoms with van der Waals surface area (Å²) < 4.78 is 0. The summed E-state index contributed by atoms with van der Waals surface area (Å²) in [6, 6.07) is 9.70. The second-order valence-corrected chi connectivity index (χ2v) is 3.67.